The molecule has 10 heteroatoms. The highest BCUT2D eigenvalue weighted by Gasteiger charge is 2.34. The number of carbonyl (C=O) groups excluding carboxylic acids is 1. The van der Waals surface area contributed by atoms with Gasteiger partial charge in [0.05, 0.1) is 18.9 Å². The fourth-order valence-electron chi connectivity index (χ4n) is 2.52. The van der Waals surface area contributed by atoms with E-state index in [2.05, 4.69) is 16.9 Å². The van der Waals surface area contributed by atoms with Crippen molar-refractivity contribution in [3.8, 4) is 0 Å². The number of nitrogens with one attached hydrogen (secondary N) is 2. The molecule has 1 rings (SSSR count). The van der Waals surface area contributed by atoms with Gasteiger partial charge in [-0.25, -0.2) is 8.78 Å². The van der Waals surface area contributed by atoms with Crippen LogP contribution in [0.25, 0.3) is 0 Å². The maximum absolute atomic E-state index is 13.4. The van der Waals surface area contributed by atoms with Crippen molar-refractivity contribution in [3.63, 3.8) is 0 Å². The van der Waals surface area contributed by atoms with E-state index >= 15 is 0 Å². The van der Waals surface area contributed by atoms with Gasteiger partial charge < -0.3 is 20.3 Å². The summed E-state index contributed by atoms with van der Waals surface area (Å²) in [7, 11) is 0. The molecule has 1 atom stereocenters. The molecular weight excluding hydrogens is 360 g/mol. The molecule has 0 aliphatic carbocycles. The zero-order valence-corrected chi connectivity index (χ0v) is 15.3. The van der Waals surface area contributed by atoms with Crippen molar-refractivity contribution in [2.24, 2.45) is 10.9 Å². The van der Waals surface area contributed by atoms with Crippen LogP contribution in [0, 0.1) is 21.4 Å². The summed E-state index contributed by atoms with van der Waals surface area (Å²) in [4.78, 5) is 27.8. The van der Waals surface area contributed by atoms with Crippen LogP contribution >= 0.6 is 0 Å². The third-order valence-electron chi connectivity index (χ3n) is 4.15. The number of nitro groups is 1. The first-order valence-corrected chi connectivity index (χ1v) is 8.64. The minimum atomic E-state index is -2.68. The van der Waals surface area contributed by atoms with Gasteiger partial charge in [-0.3, -0.25) is 9.79 Å². The average Bonchev–Trinajstić information content (AvgIpc) is 2.62. The Balaban J connectivity index is 2.75. The molecule has 1 unspecified atom stereocenters. The summed E-state index contributed by atoms with van der Waals surface area (Å²) in [5.74, 6) is -4.89. The van der Waals surface area contributed by atoms with E-state index in [1.54, 1.807) is 17.2 Å². The molecule has 0 aromatic heterocycles. The highest BCUT2D eigenvalue weighted by molar-refractivity contribution is 5.85. The molecule has 0 spiro atoms. The normalized spacial score (nSPS) is 18.2. The summed E-state index contributed by atoms with van der Waals surface area (Å²) in [5, 5.41) is 20.5. The Labute approximate surface area is 156 Å². The maximum atomic E-state index is 13.4. The van der Waals surface area contributed by atoms with Crippen LogP contribution in [-0.4, -0.2) is 59.9 Å². The fourth-order valence-corrected chi connectivity index (χ4v) is 2.52. The molecule has 8 nitrogen and oxygen atoms in total. The Morgan fingerprint density at radius 2 is 2.11 bits per heavy atom. The highest BCUT2D eigenvalue weighted by Crippen LogP contribution is 2.29. The van der Waals surface area contributed by atoms with Gasteiger partial charge in [-0.1, -0.05) is 6.08 Å². The van der Waals surface area contributed by atoms with Crippen molar-refractivity contribution < 1.29 is 18.5 Å². The summed E-state index contributed by atoms with van der Waals surface area (Å²) in [6, 6.07) is 0. The Morgan fingerprint density at radius 1 is 1.48 bits per heavy atom. The lowest BCUT2D eigenvalue weighted by molar-refractivity contribution is -0.355. The van der Waals surface area contributed by atoms with Crippen molar-refractivity contribution in [2.75, 3.05) is 26.2 Å². The number of piperidine rings is 1. The highest BCUT2D eigenvalue weighted by atomic mass is 19.3. The van der Waals surface area contributed by atoms with Gasteiger partial charge in [0.15, 0.2) is 0 Å². The van der Waals surface area contributed by atoms with Gasteiger partial charge in [0, 0.05) is 44.4 Å². The van der Waals surface area contributed by atoms with Crippen LogP contribution in [0.2, 0.25) is 0 Å². The number of alkyl halides is 2. The largest absolute Gasteiger partial charge is 0.373 e. The number of halogens is 2. The summed E-state index contributed by atoms with van der Waals surface area (Å²) in [6.07, 6.45) is 3.57. The summed E-state index contributed by atoms with van der Waals surface area (Å²) < 4.78 is 26.7. The molecule has 0 aromatic rings. The molecular formula is C17H25F2N5O3. The van der Waals surface area contributed by atoms with E-state index in [0.717, 1.165) is 0 Å². The van der Waals surface area contributed by atoms with Gasteiger partial charge >= 0.3 is 5.84 Å². The number of aliphatic imine (C=N–C) groups is 1. The fraction of sp³-hybridized carbons (Fsp3) is 0.588. The number of amidine groups is 1. The van der Waals surface area contributed by atoms with E-state index < -0.39 is 28.5 Å². The molecule has 0 radical (unpaired) electrons. The lowest BCUT2D eigenvalue weighted by Crippen LogP contribution is -2.42. The van der Waals surface area contributed by atoms with Crippen LogP contribution < -0.4 is 5.32 Å². The lowest BCUT2D eigenvalue weighted by Gasteiger charge is -2.35. The second-order valence-electron chi connectivity index (χ2n) is 6.12. The monoisotopic (exact) mass is 385 g/mol. The lowest BCUT2D eigenvalue weighted by atomic mass is 10.0. The molecule has 1 aliphatic rings. The van der Waals surface area contributed by atoms with Crippen LogP contribution in [0.3, 0.4) is 0 Å². The first-order chi connectivity index (χ1) is 12.7. The molecule has 1 saturated heterocycles. The van der Waals surface area contributed by atoms with Gasteiger partial charge in [-0.15, -0.1) is 12.0 Å². The summed E-state index contributed by atoms with van der Waals surface area (Å²) in [5.41, 5.74) is 0.628. The SMILES string of the molecule is C=CC(CC(=N)[N+](=O)[O-])C(=O)NC/C(=C\C=NCC)N1CCC(F)(F)CC1. The molecule has 0 aromatic carbocycles. The number of amides is 1. The number of carbonyl (C=O) groups is 1. The predicted octanol–water partition coefficient (Wildman–Crippen LogP) is 2.25. The van der Waals surface area contributed by atoms with E-state index in [4.69, 9.17) is 5.41 Å². The van der Waals surface area contributed by atoms with Crippen molar-refractivity contribution in [1.82, 2.24) is 10.2 Å². The van der Waals surface area contributed by atoms with Gasteiger partial charge in [0.25, 0.3) is 5.92 Å². The van der Waals surface area contributed by atoms with Crippen molar-refractivity contribution >= 4 is 18.0 Å². The smallest absolute Gasteiger partial charge is 0.332 e. The Kier molecular flexibility index (Phi) is 8.70. The first kappa shape index (κ1) is 22.4. The molecule has 1 amide bonds. The van der Waals surface area contributed by atoms with Crippen molar-refractivity contribution in [2.45, 2.75) is 32.1 Å². The van der Waals surface area contributed by atoms with Gasteiger partial charge in [-0.2, -0.15) is 0 Å². The van der Waals surface area contributed by atoms with E-state index in [9.17, 15) is 23.7 Å². The molecule has 27 heavy (non-hydrogen) atoms. The first-order valence-electron chi connectivity index (χ1n) is 8.64. The number of nitrogens with zero attached hydrogens (tertiary/aromatic N) is 3. The Hall–Kier alpha value is -2.65. The van der Waals surface area contributed by atoms with Crippen LogP contribution in [0.15, 0.2) is 29.4 Å². The van der Waals surface area contributed by atoms with E-state index in [0.29, 0.717) is 12.2 Å². The van der Waals surface area contributed by atoms with Crippen molar-refractivity contribution in [3.05, 3.63) is 34.5 Å². The second-order valence-corrected chi connectivity index (χ2v) is 6.12. The van der Waals surface area contributed by atoms with Crippen LogP contribution in [-0.2, 0) is 4.79 Å². The molecule has 1 aliphatic heterocycles. The Morgan fingerprint density at radius 3 is 2.63 bits per heavy atom. The molecule has 0 bridgehead atoms. The molecule has 150 valence electrons. The maximum Gasteiger partial charge on any atom is 0.332 e. The van der Waals surface area contributed by atoms with Gasteiger partial charge in [-0.05, 0) is 17.9 Å². The molecule has 2 N–H and O–H groups in total. The zero-order chi connectivity index (χ0) is 20.4. The molecule has 1 fully saturated rings. The third kappa shape index (κ3) is 7.63. The number of hydrogen-bond donors (Lipinski definition) is 2. The quantitative estimate of drug-likeness (QED) is 0.208. The number of likely N-dealkylation sites (tertiary alicyclic amines) is 1. The minimum absolute atomic E-state index is 0.0658. The third-order valence-corrected chi connectivity index (χ3v) is 4.15. The molecule has 1 heterocycles. The van der Waals surface area contributed by atoms with E-state index in [-0.39, 0.29) is 38.9 Å². The Bertz CT molecular complexity index is 624. The van der Waals surface area contributed by atoms with E-state index in [1.165, 1.54) is 6.08 Å². The number of rotatable bonds is 9. The van der Waals surface area contributed by atoms with Gasteiger partial charge in [0.2, 0.25) is 5.91 Å². The summed E-state index contributed by atoms with van der Waals surface area (Å²) >= 11 is 0. The van der Waals surface area contributed by atoms with Crippen molar-refractivity contribution in [1.29, 1.82) is 5.41 Å². The van der Waals surface area contributed by atoms with Crippen LogP contribution in [0.1, 0.15) is 26.2 Å². The molecule has 0 saturated carbocycles. The average molecular weight is 385 g/mol. The van der Waals surface area contributed by atoms with Crippen LogP contribution in [0.4, 0.5) is 8.78 Å². The zero-order valence-electron chi connectivity index (χ0n) is 15.3. The second kappa shape index (κ2) is 10.5. The van der Waals surface area contributed by atoms with E-state index in [1.807, 2.05) is 6.92 Å². The number of allylic oxidation sites excluding steroid dienone is 1. The van der Waals surface area contributed by atoms with Crippen LogP contribution in [0.5, 0.6) is 0 Å². The topological polar surface area (TPSA) is 112 Å². The number of hydrogen-bond acceptors (Lipinski definition) is 6. The predicted molar refractivity (Wildman–Crippen MR) is 98.9 cm³/mol. The van der Waals surface area contributed by atoms with Gasteiger partial charge in [0.1, 0.15) is 0 Å². The summed E-state index contributed by atoms with van der Waals surface area (Å²) in [6.45, 7) is 6.28. The minimum Gasteiger partial charge on any atom is -0.373 e. The standard InChI is InChI=1S/C17H25F2N5O3/c1-3-13(11-15(20)24(26)27)16(25)22-12-14(5-8-21-4-2)23-9-6-17(18,19)7-10-23/h3,5,8,13,20H,1,4,6-7,9-12H2,2H3,(H,22,25)/b14-5+,20-15?,21-8?.